The van der Waals surface area contributed by atoms with Crippen LogP contribution in [-0.2, 0) is 6.42 Å². The van der Waals surface area contributed by atoms with Crippen LogP contribution in [0.5, 0.6) is 0 Å². The smallest absolute Gasteiger partial charge is 0.291 e. The van der Waals surface area contributed by atoms with Crippen molar-refractivity contribution >= 4 is 17.3 Å². The van der Waals surface area contributed by atoms with Gasteiger partial charge in [0.15, 0.2) is 5.82 Å². The van der Waals surface area contributed by atoms with Crippen LogP contribution in [0.2, 0.25) is 0 Å². The number of carbonyl (C=O) groups excluding carboxylic acids is 1. The Morgan fingerprint density at radius 2 is 1.80 bits per heavy atom. The van der Waals surface area contributed by atoms with Crippen LogP contribution in [0.3, 0.4) is 0 Å². The summed E-state index contributed by atoms with van der Waals surface area (Å²) in [7, 11) is 0. The number of aromatic amines is 1. The summed E-state index contributed by atoms with van der Waals surface area (Å²) in [5.74, 6) is 0.136. The third-order valence-electron chi connectivity index (χ3n) is 5.74. The SMILES string of the molecule is Cc1nc(C(=O)Nc2cccc(N3CCN(CCc4ccccc4)CC3)c2)[nH]c1C. The molecule has 0 aliphatic carbocycles. The average Bonchev–Trinajstić information content (AvgIpc) is 3.12. The maximum Gasteiger partial charge on any atom is 0.291 e. The summed E-state index contributed by atoms with van der Waals surface area (Å²) in [4.78, 5) is 24.7. The van der Waals surface area contributed by atoms with Crippen LogP contribution in [0.15, 0.2) is 54.6 Å². The topological polar surface area (TPSA) is 64.3 Å². The van der Waals surface area contributed by atoms with Crippen molar-refractivity contribution in [1.82, 2.24) is 14.9 Å². The summed E-state index contributed by atoms with van der Waals surface area (Å²) < 4.78 is 0. The van der Waals surface area contributed by atoms with Crippen molar-refractivity contribution in [3.63, 3.8) is 0 Å². The van der Waals surface area contributed by atoms with Crippen LogP contribution in [0.25, 0.3) is 0 Å². The molecule has 6 nitrogen and oxygen atoms in total. The lowest BCUT2D eigenvalue weighted by atomic mass is 10.1. The number of nitrogens with one attached hydrogen (secondary N) is 2. The number of hydrogen-bond donors (Lipinski definition) is 2. The van der Waals surface area contributed by atoms with Gasteiger partial charge in [-0.05, 0) is 44.0 Å². The fraction of sp³-hybridized carbons (Fsp3) is 0.333. The molecule has 0 unspecified atom stereocenters. The Morgan fingerprint density at radius 1 is 1.03 bits per heavy atom. The summed E-state index contributed by atoms with van der Waals surface area (Å²) in [6.45, 7) is 8.98. The van der Waals surface area contributed by atoms with Crippen molar-refractivity contribution in [2.24, 2.45) is 0 Å². The Hall–Kier alpha value is -3.12. The third kappa shape index (κ3) is 4.89. The van der Waals surface area contributed by atoms with Gasteiger partial charge in [0.25, 0.3) is 5.91 Å². The minimum atomic E-state index is -0.214. The number of carbonyl (C=O) groups is 1. The Kier molecular flexibility index (Phi) is 6.14. The summed E-state index contributed by atoms with van der Waals surface area (Å²) in [6, 6.07) is 18.7. The van der Waals surface area contributed by atoms with E-state index in [1.165, 1.54) is 5.56 Å². The zero-order valence-electron chi connectivity index (χ0n) is 17.7. The summed E-state index contributed by atoms with van der Waals surface area (Å²) in [6.07, 6.45) is 1.09. The lowest BCUT2D eigenvalue weighted by Gasteiger charge is -2.36. The van der Waals surface area contributed by atoms with E-state index in [-0.39, 0.29) is 5.91 Å². The first kappa shape index (κ1) is 20.2. The van der Waals surface area contributed by atoms with E-state index in [0.29, 0.717) is 5.82 Å². The number of rotatable bonds is 6. The highest BCUT2D eigenvalue weighted by Gasteiger charge is 2.18. The lowest BCUT2D eigenvalue weighted by molar-refractivity contribution is 0.101. The molecule has 0 radical (unpaired) electrons. The van der Waals surface area contributed by atoms with Gasteiger partial charge in [-0.15, -0.1) is 0 Å². The molecule has 0 spiro atoms. The number of aryl methyl sites for hydroxylation is 2. The third-order valence-corrected chi connectivity index (χ3v) is 5.74. The van der Waals surface area contributed by atoms with Gasteiger partial charge in [0, 0.05) is 49.8 Å². The van der Waals surface area contributed by atoms with Gasteiger partial charge in [0.1, 0.15) is 0 Å². The van der Waals surface area contributed by atoms with Crippen LogP contribution in [0.4, 0.5) is 11.4 Å². The number of aromatic nitrogens is 2. The highest BCUT2D eigenvalue weighted by Crippen LogP contribution is 2.21. The fourth-order valence-corrected chi connectivity index (χ4v) is 3.79. The molecule has 30 heavy (non-hydrogen) atoms. The number of nitrogens with zero attached hydrogens (tertiary/aromatic N) is 3. The van der Waals surface area contributed by atoms with E-state index in [2.05, 4.69) is 61.5 Å². The van der Waals surface area contributed by atoms with Crippen LogP contribution in [0.1, 0.15) is 27.6 Å². The van der Waals surface area contributed by atoms with E-state index in [0.717, 1.165) is 61.9 Å². The molecular formula is C24H29N5O. The average molecular weight is 404 g/mol. The molecule has 0 saturated carbocycles. The van der Waals surface area contributed by atoms with Crippen molar-refractivity contribution in [2.75, 3.05) is 42.9 Å². The quantitative estimate of drug-likeness (QED) is 0.660. The van der Waals surface area contributed by atoms with E-state index < -0.39 is 0 Å². The predicted octanol–water partition coefficient (Wildman–Crippen LogP) is 3.64. The van der Waals surface area contributed by atoms with Crippen LogP contribution >= 0.6 is 0 Å². The molecule has 1 aliphatic rings. The van der Waals surface area contributed by atoms with Crippen molar-refractivity contribution in [3.8, 4) is 0 Å². The van der Waals surface area contributed by atoms with Crippen molar-refractivity contribution < 1.29 is 4.79 Å². The van der Waals surface area contributed by atoms with Crippen molar-refractivity contribution in [1.29, 1.82) is 0 Å². The van der Waals surface area contributed by atoms with E-state index in [4.69, 9.17) is 0 Å². The molecule has 156 valence electrons. The molecule has 0 atom stereocenters. The molecule has 1 fully saturated rings. The molecule has 2 aromatic carbocycles. The summed E-state index contributed by atoms with van der Waals surface area (Å²) in [5.41, 5.74) is 5.08. The van der Waals surface area contributed by atoms with Crippen LogP contribution in [0, 0.1) is 13.8 Å². The van der Waals surface area contributed by atoms with Crippen molar-refractivity contribution in [2.45, 2.75) is 20.3 Å². The van der Waals surface area contributed by atoms with E-state index in [9.17, 15) is 4.79 Å². The molecule has 1 aliphatic heterocycles. The minimum absolute atomic E-state index is 0.214. The Labute approximate surface area is 177 Å². The van der Waals surface area contributed by atoms with E-state index in [1.807, 2.05) is 32.0 Å². The van der Waals surface area contributed by atoms with Gasteiger partial charge in [-0.25, -0.2) is 4.98 Å². The molecule has 1 aromatic heterocycles. The molecule has 2 heterocycles. The van der Waals surface area contributed by atoms with Gasteiger partial charge in [0.05, 0.1) is 5.69 Å². The zero-order valence-corrected chi connectivity index (χ0v) is 17.7. The maximum atomic E-state index is 12.5. The minimum Gasteiger partial charge on any atom is -0.369 e. The van der Waals surface area contributed by atoms with Gasteiger partial charge >= 0.3 is 0 Å². The molecule has 6 heteroatoms. The molecule has 1 amide bonds. The number of H-pyrrole nitrogens is 1. The van der Waals surface area contributed by atoms with Gasteiger partial charge in [-0.1, -0.05) is 36.4 Å². The van der Waals surface area contributed by atoms with E-state index in [1.54, 1.807) is 0 Å². The maximum absolute atomic E-state index is 12.5. The van der Waals surface area contributed by atoms with Crippen LogP contribution < -0.4 is 10.2 Å². The monoisotopic (exact) mass is 403 g/mol. The molecule has 1 saturated heterocycles. The Balaban J connectivity index is 1.31. The molecular weight excluding hydrogens is 374 g/mol. The van der Waals surface area contributed by atoms with Gasteiger partial charge in [0.2, 0.25) is 0 Å². The van der Waals surface area contributed by atoms with Gasteiger partial charge in [-0.2, -0.15) is 0 Å². The highest BCUT2D eigenvalue weighted by atomic mass is 16.2. The number of amides is 1. The first-order valence-corrected chi connectivity index (χ1v) is 10.5. The Morgan fingerprint density at radius 3 is 2.50 bits per heavy atom. The second kappa shape index (κ2) is 9.13. The lowest BCUT2D eigenvalue weighted by Crippen LogP contribution is -2.47. The standard InChI is InChI=1S/C24H29N5O/c1-18-19(2)26-23(25-18)24(30)27-21-9-6-10-22(17-21)29-15-13-28(14-16-29)12-11-20-7-4-3-5-8-20/h3-10,17H,11-16H2,1-2H3,(H,25,26)(H,27,30). The zero-order chi connectivity index (χ0) is 20.9. The summed E-state index contributed by atoms with van der Waals surface area (Å²) >= 11 is 0. The summed E-state index contributed by atoms with van der Waals surface area (Å²) in [5, 5.41) is 2.96. The molecule has 2 N–H and O–H groups in total. The normalized spacial score (nSPS) is 14.7. The number of benzene rings is 2. The van der Waals surface area contributed by atoms with Crippen LogP contribution in [-0.4, -0.2) is 53.5 Å². The number of anilines is 2. The second-order valence-corrected chi connectivity index (χ2v) is 7.86. The number of piperazine rings is 1. The highest BCUT2D eigenvalue weighted by molar-refractivity contribution is 6.02. The first-order chi connectivity index (χ1) is 14.6. The number of imidazole rings is 1. The molecule has 3 aromatic rings. The molecule has 0 bridgehead atoms. The number of hydrogen-bond acceptors (Lipinski definition) is 4. The fourth-order valence-electron chi connectivity index (χ4n) is 3.79. The first-order valence-electron chi connectivity index (χ1n) is 10.5. The van der Waals surface area contributed by atoms with E-state index >= 15 is 0 Å². The largest absolute Gasteiger partial charge is 0.369 e. The molecule has 4 rings (SSSR count). The van der Waals surface area contributed by atoms with Gasteiger partial charge in [-0.3, -0.25) is 9.69 Å². The predicted molar refractivity (Wildman–Crippen MR) is 121 cm³/mol. The second-order valence-electron chi connectivity index (χ2n) is 7.86. The Bertz CT molecular complexity index is 970. The van der Waals surface area contributed by atoms with Gasteiger partial charge < -0.3 is 15.2 Å². The van der Waals surface area contributed by atoms with Crippen molar-refractivity contribution in [3.05, 3.63) is 77.4 Å².